The first-order valence-corrected chi connectivity index (χ1v) is 29.0. The van der Waals surface area contributed by atoms with Crippen molar-refractivity contribution in [1.29, 1.82) is 0 Å². The smallest absolute Gasteiger partial charge is 0.305 e. The normalized spacial score (nSPS) is 13.4. The number of nitrogens with one attached hydrogen (secondary N) is 11. The van der Waals surface area contributed by atoms with Crippen molar-refractivity contribution in [3.63, 3.8) is 0 Å². The number of nitrogens with two attached hydrogens (primary N) is 1. The molecule has 0 radical (unpaired) electrons. The van der Waals surface area contributed by atoms with E-state index in [9.17, 15) is 97.1 Å². The van der Waals surface area contributed by atoms with E-state index in [4.69, 9.17) is 10.8 Å². The minimum atomic E-state index is -2.24. The Balaban J connectivity index is 1.74. The lowest BCUT2D eigenvalue weighted by Gasteiger charge is -2.27. The number of hydrogen-bond donors (Lipinski definition) is 17. The monoisotopic (exact) mass is 1310 g/mol. The Morgan fingerprint density at radius 1 is 0.441 bits per heavy atom. The number of unbranched alkanes of at least 4 members (excludes halogenated alkanes) is 2. The zero-order chi connectivity index (χ0) is 69.2. The van der Waals surface area contributed by atoms with E-state index in [1.807, 2.05) is 38.1 Å². The van der Waals surface area contributed by atoms with Crippen LogP contribution >= 0.6 is 0 Å². The maximum atomic E-state index is 14.4. The number of primary amides is 1. The van der Waals surface area contributed by atoms with Crippen LogP contribution in [0.4, 0.5) is 0 Å². The summed E-state index contributed by atoms with van der Waals surface area (Å²) in [5.41, 5.74) is 7.54. The van der Waals surface area contributed by atoms with Crippen LogP contribution in [0.2, 0.25) is 0 Å². The molecule has 0 aliphatic rings. The average molecular weight is 1310 g/mol. The molecule has 1 heterocycles. The fraction of sp³-hybridized carbons (Fsp3) is 0.474. The minimum absolute atomic E-state index is 0.0999. The van der Waals surface area contributed by atoms with Gasteiger partial charge in [0.05, 0.1) is 63.5 Å². The number of carbonyl (C=O) groups excluding carboxylic acids is 11. The first-order chi connectivity index (χ1) is 44.1. The molecule has 2 aromatic carbocycles. The Labute approximate surface area is 530 Å². The number of likely N-dealkylation sites (N-methyl/N-ethyl adjacent to an activating group) is 1. The van der Waals surface area contributed by atoms with Crippen molar-refractivity contribution in [1.82, 2.24) is 73.5 Å². The molecule has 36 nitrogen and oxygen atoms in total. The summed E-state index contributed by atoms with van der Waals surface area (Å²) in [4.78, 5) is 204. The molecule has 18 N–H and O–H groups in total. The highest BCUT2D eigenvalue weighted by atomic mass is 16.4. The van der Waals surface area contributed by atoms with Crippen molar-refractivity contribution in [3.8, 4) is 0 Å². The summed E-state index contributed by atoms with van der Waals surface area (Å²) in [5.74, 6) is -21.0. The van der Waals surface area contributed by atoms with Gasteiger partial charge in [0.25, 0.3) is 0 Å². The van der Waals surface area contributed by atoms with Crippen LogP contribution in [-0.4, -0.2) is 210 Å². The van der Waals surface area contributed by atoms with Gasteiger partial charge in [-0.25, -0.2) is 0 Å². The van der Waals surface area contributed by atoms with E-state index in [0.29, 0.717) is 30.5 Å². The molecule has 0 aliphatic carbocycles. The first-order valence-electron chi connectivity index (χ1n) is 29.0. The summed E-state index contributed by atoms with van der Waals surface area (Å²) in [6.45, 7) is -0.278. The minimum Gasteiger partial charge on any atom is -0.481 e. The van der Waals surface area contributed by atoms with E-state index in [1.165, 1.54) is 7.05 Å². The number of aryl methyl sites for hydroxylation is 2. The number of aliphatic carboxylic acids is 5. The molecule has 0 aliphatic heterocycles. The van der Waals surface area contributed by atoms with E-state index >= 15 is 0 Å². The zero-order valence-electron chi connectivity index (χ0n) is 50.7. The van der Waals surface area contributed by atoms with Gasteiger partial charge in [0.1, 0.15) is 42.3 Å². The molecule has 36 heteroatoms. The highest BCUT2D eigenvalue weighted by Gasteiger charge is 2.36. The largest absolute Gasteiger partial charge is 0.481 e. The molecule has 506 valence electrons. The summed E-state index contributed by atoms with van der Waals surface area (Å²) in [5, 5.41) is 79.8. The molecule has 0 saturated heterocycles. The summed E-state index contributed by atoms with van der Waals surface area (Å²) in [6.07, 6.45) is -0.407. The van der Waals surface area contributed by atoms with Gasteiger partial charge in [-0.2, -0.15) is 0 Å². The predicted octanol–water partition coefficient (Wildman–Crippen LogP) is -5.53. The fourth-order valence-electron chi connectivity index (χ4n) is 8.63. The third kappa shape index (κ3) is 30.0. The number of nitrogens with zero attached hydrogens (tertiary/aromatic N) is 3. The Morgan fingerprint density at radius 3 is 1.23 bits per heavy atom. The second-order valence-electron chi connectivity index (χ2n) is 20.9. The Kier molecular flexibility index (Phi) is 32.8. The van der Waals surface area contributed by atoms with Crippen LogP contribution < -0.4 is 64.2 Å². The first kappa shape index (κ1) is 76.3. The van der Waals surface area contributed by atoms with Crippen LogP contribution in [0.1, 0.15) is 88.0 Å². The molecule has 0 spiro atoms. The van der Waals surface area contributed by atoms with Crippen LogP contribution in [0.3, 0.4) is 0 Å². The molecule has 0 bridgehead atoms. The number of carboxylic acids is 5. The van der Waals surface area contributed by atoms with Gasteiger partial charge < -0.3 is 89.8 Å². The molecule has 3 aromatic rings. The second kappa shape index (κ2) is 39.9. The van der Waals surface area contributed by atoms with Gasteiger partial charge in [0, 0.05) is 25.6 Å². The second-order valence-corrected chi connectivity index (χ2v) is 20.9. The summed E-state index contributed by atoms with van der Waals surface area (Å²) in [7, 11) is 1.23. The van der Waals surface area contributed by atoms with E-state index in [-0.39, 0.29) is 19.3 Å². The number of carbonyl (C=O) groups is 16. The van der Waals surface area contributed by atoms with Crippen molar-refractivity contribution >= 4 is 94.8 Å². The molecule has 11 amide bonds. The highest BCUT2D eigenvalue weighted by Crippen LogP contribution is 2.12. The van der Waals surface area contributed by atoms with Crippen LogP contribution in [0, 0.1) is 0 Å². The Morgan fingerprint density at radius 2 is 0.806 bits per heavy atom. The fourth-order valence-corrected chi connectivity index (χ4v) is 8.63. The number of amides is 11. The lowest BCUT2D eigenvalue weighted by Crippen LogP contribution is -2.60. The van der Waals surface area contributed by atoms with Crippen molar-refractivity contribution in [2.24, 2.45) is 5.73 Å². The molecule has 3 rings (SSSR count). The topological polar surface area (TPSA) is 563 Å². The summed E-state index contributed by atoms with van der Waals surface area (Å²) < 4.78 is 1.67. The molecular weight excluding hydrogens is 1230 g/mol. The maximum absolute atomic E-state index is 14.4. The van der Waals surface area contributed by atoms with Crippen LogP contribution in [-0.2, 0) is 103 Å². The van der Waals surface area contributed by atoms with Crippen molar-refractivity contribution < 1.29 is 102 Å². The van der Waals surface area contributed by atoms with Gasteiger partial charge in [-0.3, -0.25) is 81.4 Å². The van der Waals surface area contributed by atoms with Gasteiger partial charge in [-0.05, 0) is 50.3 Å². The van der Waals surface area contributed by atoms with Gasteiger partial charge in [-0.15, -0.1) is 5.10 Å². The summed E-state index contributed by atoms with van der Waals surface area (Å²) >= 11 is 0. The molecule has 8 atom stereocenters. The number of carboxylic acid groups (broad SMARTS) is 5. The van der Waals surface area contributed by atoms with E-state index in [0.717, 1.165) is 25.0 Å². The molecule has 0 unspecified atom stereocenters. The molecule has 1 aromatic heterocycles. The number of hydrogen-bond acceptors (Lipinski definition) is 19. The SMILES string of the molecule is CCCCc1cn(CCCC[C@H](NC(=O)[C@H](Cc2ccccc2)NC(=O)[C@H](Cc2ccccc2)NC(=O)[C@H](CC(=O)O)NC(=O)[C@H](CC(=O)O)NC(=O)[C@H](CC(=O)O)NC(=O)CNC(=O)CNC(=O)CNC(=O)[C@H](CC(=O)O)NC(=O)[C@H](CC(=O)O)NC)C(N)=O)nn1. The van der Waals surface area contributed by atoms with E-state index < -0.39 is 195 Å². The van der Waals surface area contributed by atoms with Crippen molar-refractivity contribution in [2.45, 2.75) is 145 Å². The van der Waals surface area contributed by atoms with Crippen LogP contribution in [0.5, 0.6) is 0 Å². The quantitative estimate of drug-likeness (QED) is 0.0235. The summed E-state index contributed by atoms with van der Waals surface area (Å²) in [6, 6.07) is 2.37. The highest BCUT2D eigenvalue weighted by molar-refractivity contribution is 6.00. The number of benzene rings is 2. The van der Waals surface area contributed by atoms with Crippen molar-refractivity contribution in [2.75, 3.05) is 26.7 Å². The van der Waals surface area contributed by atoms with E-state index in [2.05, 4.69) is 43.8 Å². The third-order valence-corrected chi connectivity index (χ3v) is 13.4. The number of rotatable bonds is 44. The van der Waals surface area contributed by atoms with Gasteiger partial charge >= 0.3 is 29.8 Å². The predicted molar refractivity (Wildman–Crippen MR) is 319 cm³/mol. The van der Waals surface area contributed by atoms with Gasteiger partial charge in [-0.1, -0.05) is 79.2 Å². The van der Waals surface area contributed by atoms with Crippen LogP contribution in [0.25, 0.3) is 0 Å². The molecule has 0 saturated carbocycles. The van der Waals surface area contributed by atoms with Crippen LogP contribution in [0.15, 0.2) is 66.9 Å². The van der Waals surface area contributed by atoms with Gasteiger partial charge in [0.15, 0.2) is 0 Å². The van der Waals surface area contributed by atoms with Gasteiger partial charge in [0.2, 0.25) is 65.0 Å². The number of aromatic nitrogens is 3. The standard InChI is InChI=1S/C57H77N15O21/c1-3-4-17-33-30-72(71-70-33)19-12-11-18-34(50(58)86)64-53(89)36(20-31-13-7-5-8-14-31)65-54(90)37(21-32-15-9-6-10-16-32)66-56(92)40(25-48(82)83)69-57(93)41(26-49(84)85)68-55(91)39(24-47(80)81)63-44(75)29-61-42(73)27-60-43(74)28-62-51(87)38(23-46(78)79)67-52(88)35(59-2)22-45(76)77/h5-10,13-16,30,34-41,59H,3-4,11-12,17-29H2,1-2H3,(H2,58,86)(H,60,74)(H,61,73)(H,62,87)(H,63,75)(H,64,89)(H,65,90)(H,66,92)(H,67,88)(H,68,91)(H,69,93)(H,76,77)(H,78,79)(H,80,81)(H,82,83)(H,84,85)/t34-,35-,36-,37-,38-,39-,40-,41-/m0/s1. The molecule has 0 fully saturated rings. The zero-order valence-corrected chi connectivity index (χ0v) is 50.7. The third-order valence-electron chi connectivity index (χ3n) is 13.4. The molecular formula is C57H77N15O21. The van der Waals surface area contributed by atoms with E-state index in [1.54, 1.807) is 65.3 Å². The lowest BCUT2D eigenvalue weighted by atomic mass is 10.0. The van der Waals surface area contributed by atoms with Crippen molar-refractivity contribution in [3.05, 3.63) is 83.7 Å². The Bertz CT molecular complexity index is 3130. The average Bonchev–Trinajstić information content (AvgIpc) is 1.75. The maximum Gasteiger partial charge on any atom is 0.305 e. The lowest BCUT2D eigenvalue weighted by molar-refractivity contribution is -0.144. The Hall–Kier alpha value is -10.9. The molecule has 93 heavy (non-hydrogen) atoms.